The monoisotopic (exact) mass is 361 g/mol. The largest absolute Gasteiger partial charge is 0.544 e. The van der Waals surface area contributed by atoms with Gasteiger partial charge < -0.3 is 9.33 Å². The van der Waals surface area contributed by atoms with E-state index in [1.807, 2.05) is 32.3 Å². The van der Waals surface area contributed by atoms with Gasteiger partial charge in [-0.05, 0) is 37.6 Å². The molecule has 0 heterocycles. The summed E-state index contributed by atoms with van der Waals surface area (Å²) in [5, 5.41) is 0. The number of unbranched alkanes of at least 4 members (excludes halogenated alkanes) is 1. The Morgan fingerprint density at radius 2 is 1.80 bits per heavy atom. The summed E-state index contributed by atoms with van der Waals surface area (Å²) in [6, 6.07) is 10.2. The van der Waals surface area contributed by atoms with E-state index in [1.54, 1.807) is 4.90 Å². The Hall–Kier alpha value is -1.55. The molecular formula is C21H35NO2Si. The lowest BCUT2D eigenvalue weighted by Gasteiger charge is -2.30. The summed E-state index contributed by atoms with van der Waals surface area (Å²) in [6.07, 6.45) is 5.91. The van der Waals surface area contributed by atoms with E-state index in [0.29, 0.717) is 6.42 Å². The Bertz CT molecular complexity index is 575. The third-order valence-electron chi connectivity index (χ3n) is 4.11. The van der Waals surface area contributed by atoms with E-state index < -0.39 is 8.32 Å². The molecule has 0 saturated carbocycles. The minimum Gasteiger partial charge on any atom is -0.544 e. The minimum atomic E-state index is -1.76. The van der Waals surface area contributed by atoms with Gasteiger partial charge in [0.2, 0.25) is 14.2 Å². The molecule has 1 atom stereocenters. The van der Waals surface area contributed by atoms with Gasteiger partial charge in [0.15, 0.2) is 0 Å². The molecule has 1 rings (SSSR count). The smallest absolute Gasteiger partial charge is 0.242 e. The zero-order valence-electron chi connectivity index (χ0n) is 17.1. The Balaban J connectivity index is 3.27. The first-order chi connectivity index (χ1) is 11.6. The second-order valence-corrected chi connectivity index (χ2v) is 12.7. The number of allylic oxidation sites excluding steroid dienone is 1. The Labute approximate surface area is 155 Å². The average molecular weight is 362 g/mol. The minimum absolute atomic E-state index is 0.162. The summed E-state index contributed by atoms with van der Waals surface area (Å²) in [4.78, 5) is 14.1. The van der Waals surface area contributed by atoms with Crippen LogP contribution in [0.2, 0.25) is 19.6 Å². The molecule has 0 bridgehead atoms. The first-order valence-electron chi connectivity index (χ1n) is 9.24. The fraction of sp³-hybridized carbons (Fsp3) is 0.571. The Morgan fingerprint density at radius 3 is 2.28 bits per heavy atom. The summed E-state index contributed by atoms with van der Waals surface area (Å²) in [5.74, 6) is 1.08. The predicted octanol–water partition coefficient (Wildman–Crippen LogP) is 5.55. The van der Waals surface area contributed by atoms with E-state index in [0.717, 1.165) is 30.6 Å². The third-order valence-corrected chi connectivity index (χ3v) is 4.94. The molecule has 25 heavy (non-hydrogen) atoms. The average Bonchev–Trinajstić information content (AvgIpc) is 2.52. The topological polar surface area (TPSA) is 29.5 Å². The highest BCUT2D eigenvalue weighted by Crippen LogP contribution is 2.35. The summed E-state index contributed by atoms with van der Waals surface area (Å²) >= 11 is 0. The lowest BCUT2D eigenvalue weighted by atomic mass is 9.80. The van der Waals surface area contributed by atoms with Gasteiger partial charge in [-0.1, -0.05) is 57.0 Å². The quantitative estimate of drug-likeness (QED) is 0.426. The SMILES string of the molecule is CCCC[C@](C)(/C=C(/O[Si](C)(C)C)c1ccccc1)CC(=O)N(C)C. The van der Waals surface area contributed by atoms with Crippen LogP contribution in [-0.2, 0) is 9.22 Å². The van der Waals surface area contributed by atoms with Gasteiger partial charge in [-0.3, -0.25) is 4.79 Å². The third kappa shape index (κ3) is 7.91. The molecular weight excluding hydrogens is 326 g/mol. The number of benzene rings is 1. The molecule has 0 aliphatic rings. The van der Waals surface area contributed by atoms with Crippen molar-refractivity contribution in [3.05, 3.63) is 42.0 Å². The molecule has 0 N–H and O–H groups in total. The number of hydrogen-bond donors (Lipinski definition) is 0. The van der Waals surface area contributed by atoms with Gasteiger partial charge in [-0.2, -0.15) is 0 Å². The van der Waals surface area contributed by atoms with Crippen molar-refractivity contribution >= 4 is 20.0 Å². The highest BCUT2D eigenvalue weighted by Gasteiger charge is 2.28. The highest BCUT2D eigenvalue weighted by molar-refractivity contribution is 6.70. The van der Waals surface area contributed by atoms with Crippen LogP contribution in [0.3, 0.4) is 0 Å². The van der Waals surface area contributed by atoms with E-state index in [2.05, 4.69) is 51.7 Å². The van der Waals surface area contributed by atoms with E-state index in [4.69, 9.17) is 4.43 Å². The molecule has 4 heteroatoms. The predicted molar refractivity (Wildman–Crippen MR) is 110 cm³/mol. The molecule has 0 fully saturated rings. The van der Waals surface area contributed by atoms with Gasteiger partial charge in [0.25, 0.3) is 0 Å². The first kappa shape index (κ1) is 21.5. The molecule has 0 spiro atoms. The van der Waals surface area contributed by atoms with Crippen molar-refractivity contribution in [3.63, 3.8) is 0 Å². The fourth-order valence-electron chi connectivity index (χ4n) is 2.72. The van der Waals surface area contributed by atoms with Crippen LogP contribution in [0.1, 0.15) is 45.1 Å². The first-order valence-corrected chi connectivity index (χ1v) is 12.6. The lowest BCUT2D eigenvalue weighted by Crippen LogP contribution is -2.30. The summed E-state index contributed by atoms with van der Waals surface area (Å²) in [7, 11) is 1.89. The normalized spacial score (nSPS) is 14.8. The molecule has 1 aromatic carbocycles. The van der Waals surface area contributed by atoms with Crippen LogP contribution in [0, 0.1) is 5.41 Å². The van der Waals surface area contributed by atoms with Crippen LogP contribution in [0.5, 0.6) is 0 Å². The molecule has 0 unspecified atom stereocenters. The number of hydrogen-bond acceptors (Lipinski definition) is 2. The van der Waals surface area contributed by atoms with Crippen molar-refractivity contribution in [1.29, 1.82) is 0 Å². The summed E-state index contributed by atoms with van der Waals surface area (Å²) < 4.78 is 6.42. The zero-order valence-corrected chi connectivity index (χ0v) is 18.1. The number of nitrogens with zero attached hydrogens (tertiary/aromatic N) is 1. The Morgan fingerprint density at radius 1 is 1.20 bits per heavy atom. The van der Waals surface area contributed by atoms with Gasteiger partial charge in [0, 0.05) is 26.1 Å². The van der Waals surface area contributed by atoms with Crippen molar-refractivity contribution in [2.24, 2.45) is 5.41 Å². The standard InChI is InChI=1S/C21H35NO2Si/c1-8-9-15-21(2,17-20(23)22(3)4)16-19(24-25(5,6)7)18-13-11-10-12-14-18/h10-14,16H,8-9,15,17H2,1-7H3/b19-16+/t21-/m1/s1. The van der Waals surface area contributed by atoms with Gasteiger partial charge in [-0.15, -0.1) is 0 Å². The summed E-state index contributed by atoms with van der Waals surface area (Å²) in [6.45, 7) is 10.9. The molecule has 0 aliphatic heterocycles. The molecule has 0 aliphatic carbocycles. The Kier molecular flexibility index (Phi) is 7.93. The van der Waals surface area contributed by atoms with Gasteiger partial charge in [-0.25, -0.2) is 0 Å². The number of amides is 1. The number of carbonyl (C=O) groups excluding carboxylic acids is 1. The maximum atomic E-state index is 12.4. The van der Waals surface area contributed by atoms with Crippen molar-refractivity contribution in [2.45, 2.75) is 59.2 Å². The van der Waals surface area contributed by atoms with E-state index in [-0.39, 0.29) is 11.3 Å². The van der Waals surface area contributed by atoms with E-state index >= 15 is 0 Å². The lowest BCUT2D eigenvalue weighted by molar-refractivity contribution is -0.130. The van der Waals surface area contributed by atoms with Gasteiger partial charge in [0.05, 0.1) is 0 Å². The molecule has 140 valence electrons. The molecule has 1 amide bonds. The van der Waals surface area contributed by atoms with Crippen molar-refractivity contribution < 1.29 is 9.22 Å². The number of rotatable bonds is 9. The van der Waals surface area contributed by atoms with E-state index in [9.17, 15) is 4.79 Å². The molecule has 1 aromatic rings. The molecule has 0 aromatic heterocycles. The maximum Gasteiger partial charge on any atom is 0.242 e. The molecule has 0 saturated heterocycles. The van der Waals surface area contributed by atoms with Gasteiger partial charge >= 0.3 is 0 Å². The summed E-state index contributed by atoms with van der Waals surface area (Å²) in [5.41, 5.74) is 0.882. The van der Waals surface area contributed by atoms with E-state index in [1.165, 1.54) is 0 Å². The van der Waals surface area contributed by atoms with Crippen LogP contribution in [-0.4, -0.2) is 33.2 Å². The fourth-order valence-corrected chi connectivity index (χ4v) is 3.55. The van der Waals surface area contributed by atoms with Crippen molar-refractivity contribution in [3.8, 4) is 0 Å². The maximum absolute atomic E-state index is 12.4. The zero-order chi connectivity index (χ0) is 19.1. The van der Waals surface area contributed by atoms with Crippen LogP contribution < -0.4 is 0 Å². The van der Waals surface area contributed by atoms with Crippen LogP contribution in [0.15, 0.2) is 36.4 Å². The van der Waals surface area contributed by atoms with Crippen molar-refractivity contribution in [1.82, 2.24) is 4.90 Å². The van der Waals surface area contributed by atoms with Crippen LogP contribution >= 0.6 is 0 Å². The highest BCUT2D eigenvalue weighted by atomic mass is 28.4. The van der Waals surface area contributed by atoms with Gasteiger partial charge in [0.1, 0.15) is 5.76 Å². The number of carbonyl (C=O) groups is 1. The molecule has 3 nitrogen and oxygen atoms in total. The van der Waals surface area contributed by atoms with Crippen LogP contribution in [0.4, 0.5) is 0 Å². The second kappa shape index (κ2) is 9.23. The van der Waals surface area contributed by atoms with Crippen LogP contribution in [0.25, 0.3) is 5.76 Å². The second-order valence-electron chi connectivity index (χ2n) is 8.31. The molecule has 0 radical (unpaired) electrons. The van der Waals surface area contributed by atoms with Crippen molar-refractivity contribution in [2.75, 3.05) is 14.1 Å².